The number of aliphatic hydroxyl groups is 2. The van der Waals surface area contributed by atoms with Crippen molar-refractivity contribution in [2.24, 2.45) is 16.8 Å². The third-order valence-corrected chi connectivity index (χ3v) is 6.89. The first-order chi connectivity index (χ1) is 16.1. The molecule has 1 fully saturated rings. The third-order valence-electron chi connectivity index (χ3n) is 6.89. The quantitative estimate of drug-likeness (QED) is 0.446. The van der Waals surface area contributed by atoms with Crippen LogP contribution in [0.1, 0.15) is 17.5 Å². The first-order valence-electron chi connectivity index (χ1n) is 10.7. The zero-order valence-electron chi connectivity index (χ0n) is 19.2. The van der Waals surface area contributed by atoms with Crippen LogP contribution in [0.3, 0.4) is 0 Å². The third kappa shape index (κ3) is 3.12. The lowest BCUT2D eigenvalue weighted by molar-refractivity contribution is -0.156. The number of fused-ring (bicyclic) bond motifs is 3. The van der Waals surface area contributed by atoms with Gasteiger partial charge in [0.15, 0.2) is 11.5 Å². The Morgan fingerprint density at radius 2 is 1.94 bits per heavy atom. The van der Waals surface area contributed by atoms with Gasteiger partial charge in [-0.15, -0.1) is 0 Å². The number of carbonyl (C=O) groups excluding carboxylic acids is 3. The van der Waals surface area contributed by atoms with Gasteiger partial charge in [0.2, 0.25) is 11.4 Å². The van der Waals surface area contributed by atoms with Crippen molar-refractivity contribution in [1.82, 2.24) is 4.90 Å². The molecular weight excluding hydrogens is 444 g/mol. The normalized spacial score (nSPS) is 28.7. The summed E-state index contributed by atoms with van der Waals surface area (Å²) in [5.74, 6) is -4.27. The Morgan fingerprint density at radius 1 is 1.24 bits per heavy atom. The number of carbonyl (C=O) groups is 3. The fraction of sp³-hybridized carbons (Fsp3) is 0.417. The predicted octanol–water partition coefficient (Wildman–Crippen LogP) is 1.97. The molecule has 0 radical (unpaired) electrons. The maximum absolute atomic E-state index is 14.1. The Morgan fingerprint density at radius 3 is 2.56 bits per heavy atom. The first kappa shape index (κ1) is 23.5. The van der Waals surface area contributed by atoms with Crippen LogP contribution in [0.4, 0.5) is 4.79 Å². The summed E-state index contributed by atoms with van der Waals surface area (Å²) in [6, 6.07) is 3.83. The number of Topliss-reactive ketones (excluding diaryl/α,β-unsaturated/α-hetero) is 2. The van der Waals surface area contributed by atoms with Crippen molar-refractivity contribution in [2.45, 2.75) is 24.5 Å². The van der Waals surface area contributed by atoms with Crippen LogP contribution in [0.2, 0.25) is 0 Å². The van der Waals surface area contributed by atoms with E-state index in [1.165, 1.54) is 13.1 Å². The standard InChI is InChI=1S/C24H26N2O8/c1-25-10-13-19(28)18(26(2)3)14-9-12-8-11-6-5-7-15(27)16(11)20(29)17(12)22(31)24(14,21(13)30)34-23(32)33-4/h5-7,10,12,14,18,27,29-30H,8-9H2,1-4H3/t12-,14-,18-,24+/m0/s1. The van der Waals surface area contributed by atoms with E-state index in [4.69, 9.17) is 4.74 Å². The highest BCUT2D eigenvalue weighted by Crippen LogP contribution is 2.54. The lowest BCUT2D eigenvalue weighted by Gasteiger charge is -2.51. The second-order valence-electron chi connectivity index (χ2n) is 8.86. The van der Waals surface area contributed by atoms with Crippen molar-refractivity contribution in [1.29, 1.82) is 0 Å². The van der Waals surface area contributed by atoms with E-state index in [0.29, 0.717) is 12.0 Å². The van der Waals surface area contributed by atoms with Crippen molar-refractivity contribution >= 4 is 29.7 Å². The minimum Gasteiger partial charge on any atom is -0.507 e. The number of aliphatic imine (C=N–C) groups is 1. The molecule has 0 aromatic heterocycles. The van der Waals surface area contributed by atoms with Crippen LogP contribution in [0.15, 0.2) is 40.1 Å². The number of hydrogen-bond donors (Lipinski definition) is 3. The fourth-order valence-electron chi connectivity index (χ4n) is 5.55. The van der Waals surface area contributed by atoms with Gasteiger partial charge in [0.1, 0.15) is 11.5 Å². The largest absolute Gasteiger partial charge is 0.509 e. The highest BCUT2D eigenvalue weighted by atomic mass is 16.7. The number of likely N-dealkylation sites (N-methyl/N-ethyl adjacent to an activating group) is 1. The molecule has 10 heteroatoms. The molecule has 1 saturated carbocycles. The molecule has 4 atom stereocenters. The van der Waals surface area contributed by atoms with E-state index in [0.717, 1.165) is 13.3 Å². The molecule has 3 aliphatic rings. The number of methoxy groups -OCH3 is 1. The van der Waals surface area contributed by atoms with E-state index >= 15 is 0 Å². The van der Waals surface area contributed by atoms with E-state index in [-0.39, 0.29) is 28.9 Å². The van der Waals surface area contributed by atoms with Crippen LogP contribution >= 0.6 is 0 Å². The molecular formula is C24H26N2O8. The fourth-order valence-corrected chi connectivity index (χ4v) is 5.55. The average Bonchev–Trinajstić information content (AvgIpc) is 2.78. The number of benzene rings is 1. The van der Waals surface area contributed by atoms with E-state index in [1.54, 1.807) is 31.1 Å². The van der Waals surface area contributed by atoms with E-state index < -0.39 is 52.7 Å². The molecule has 0 amide bonds. The predicted molar refractivity (Wildman–Crippen MR) is 121 cm³/mol. The van der Waals surface area contributed by atoms with E-state index in [9.17, 15) is 29.7 Å². The first-order valence-corrected chi connectivity index (χ1v) is 10.7. The summed E-state index contributed by atoms with van der Waals surface area (Å²) in [5.41, 5.74) is -1.92. The van der Waals surface area contributed by atoms with Crippen LogP contribution in [0.5, 0.6) is 5.75 Å². The summed E-state index contributed by atoms with van der Waals surface area (Å²) in [6.45, 7) is 0. The molecule has 180 valence electrons. The van der Waals surface area contributed by atoms with Gasteiger partial charge in [-0.05, 0) is 44.5 Å². The maximum Gasteiger partial charge on any atom is 0.509 e. The minimum absolute atomic E-state index is 0.0830. The molecule has 0 saturated heterocycles. The summed E-state index contributed by atoms with van der Waals surface area (Å²) in [7, 11) is 5.75. The Kier molecular flexibility index (Phi) is 5.72. The highest BCUT2D eigenvalue weighted by molar-refractivity contribution is 6.21. The molecule has 0 spiro atoms. The maximum atomic E-state index is 14.1. The lowest BCUT2D eigenvalue weighted by Crippen LogP contribution is -2.66. The smallest absolute Gasteiger partial charge is 0.507 e. The Balaban J connectivity index is 2.04. The second kappa shape index (κ2) is 8.28. The molecule has 1 aromatic carbocycles. The molecule has 10 nitrogen and oxygen atoms in total. The van der Waals surface area contributed by atoms with Gasteiger partial charge >= 0.3 is 6.16 Å². The summed E-state index contributed by atoms with van der Waals surface area (Å²) < 4.78 is 10.2. The van der Waals surface area contributed by atoms with Gasteiger partial charge in [-0.3, -0.25) is 19.5 Å². The molecule has 34 heavy (non-hydrogen) atoms. The number of rotatable bonds is 3. The van der Waals surface area contributed by atoms with Gasteiger partial charge < -0.3 is 24.8 Å². The number of aliphatic hydroxyl groups excluding tert-OH is 2. The van der Waals surface area contributed by atoms with Crippen molar-refractivity contribution in [3.8, 4) is 5.75 Å². The topological polar surface area (TPSA) is 146 Å². The average molecular weight is 470 g/mol. The number of ketones is 2. The highest BCUT2D eigenvalue weighted by Gasteiger charge is 2.66. The summed E-state index contributed by atoms with van der Waals surface area (Å²) >= 11 is 0. The van der Waals surface area contributed by atoms with E-state index in [1.807, 2.05) is 0 Å². The zero-order chi connectivity index (χ0) is 24.9. The Hall–Kier alpha value is -3.66. The van der Waals surface area contributed by atoms with Crippen molar-refractivity contribution in [2.75, 3.05) is 28.3 Å². The summed E-state index contributed by atoms with van der Waals surface area (Å²) in [4.78, 5) is 45.3. The molecule has 3 N–H and O–H groups in total. The number of nitrogens with zero attached hydrogens (tertiary/aromatic N) is 2. The van der Waals surface area contributed by atoms with Gasteiger partial charge in [0.05, 0.1) is 24.3 Å². The van der Waals surface area contributed by atoms with Crippen molar-refractivity contribution < 1.29 is 39.2 Å². The lowest BCUT2D eigenvalue weighted by atomic mass is 9.57. The van der Waals surface area contributed by atoms with Crippen LogP contribution in [0, 0.1) is 11.8 Å². The van der Waals surface area contributed by atoms with Gasteiger partial charge in [0.25, 0.3) is 0 Å². The SMILES string of the molecule is CN=CC1=C(O)[C@@]2(OC(=O)OC)C(=O)C3=C(O)c4c(O)cccc4C[C@H]3C[C@H]2[C@H](N(C)C)C1=O. The summed E-state index contributed by atoms with van der Waals surface area (Å²) in [6.07, 6.45) is 0.318. The second-order valence-corrected chi connectivity index (χ2v) is 8.86. The van der Waals surface area contributed by atoms with Gasteiger partial charge in [0, 0.05) is 24.8 Å². The van der Waals surface area contributed by atoms with E-state index in [2.05, 4.69) is 9.73 Å². The van der Waals surface area contributed by atoms with Gasteiger partial charge in [-0.2, -0.15) is 0 Å². The number of phenols is 1. The number of phenolic OH excluding ortho intramolecular Hbond substituents is 1. The van der Waals surface area contributed by atoms with Gasteiger partial charge in [-0.1, -0.05) is 12.1 Å². The Bertz CT molecular complexity index is 1180. The monoisotopic (exact) mass is 470 g/mol. The Labute approximate surface area is 195 Å². The molecule has 0 unspecified atom stereocenters. The zero-order valence-corrected chi connectivity index (χ0v) is 19.2. The number of aromatic hydroxyl groups is 1. The van der Waals surface area contributed by atoms with Gasteiger partial charge in [-0.25, -0.2) is 4.79 Å². The van der Waals surface area contributed by atoms with Crippen molar-refractivity contribution in [3.05, 3.63) is 46.2 Å². The van der Waals surface area contributed by atoms with Crippen molar-refractivity contribution in [3.63, 3.8) is 0 Å². The molecule has 3 aliphatic carbocycles. The van der Waals surface area contributed by atoms with Crippen LogP contribution < -0.4 is 0 Å². The minimum atomic E-state index is -2.33. The van der Waals surface area contributed by atoms with Crippen LogP contribution in [-0.2, 0) is 25.5 Å². The van der Waals surface area contributed by atoms with Crippen LogP contribution in [-0.4, -0.2) is 84.1 Å². The number of hydrogen-bond acceptors (Lipinski definition) is 10. The van der Waals surface area contributed by atoms with Crippen LogP contribution in [0.25, 0.3) is 5.76 Å². The molecule has 0 aliphatic heterocycles. The molecule has 0 bridgehead atoms. The molecule has 1 aromatic rings. The number of ether oxygens (including phenoxy) is 2. The molecule has 4 rings (SSSR count). The molecule has 0 heterocycles. The summed E-state index contributed by atoms with van der Waals surface area (Å²) in [5, 5.41) is 32.8.